The summed E-state index contributed by atoms with van der Waals surface area (Å²) in [7, 11) is -3.06. The predicted molar refractivity (Wildman–Crippen MR) is 82.4 cm³/mol. The SMILES string of the molecule is CCCNCc1ccoc1CN1CCN(S(C)(=O)=O)CC1. The lowest BCUT2D eigenvalue weighted by Gasteiger charge is -2.32. The molecule has 6 nitrogen and oxygen atoms in total. The number of nitrogens with one attached hydrogen (secondary N) is 1. The maximum Gasteiger partial charge on any atom is 0.211 e. The molecule has 2 heterocycles. The van der Waals surface area contributed by atoms with Crippen molar-refractivity contribution in [2.45, 2.75) is 26.4 Å². The summed E-state index contributed by atoms with van der Waals surface area (Å²) < 4.78 is 30.1. The van der Waals surface area contributed by atoms with Crippen LogP contribution >= 0.6 is 0 Å². The molecule has 120 valence electrons. The van der Waals surface area contributed by atoms with Crippen molar-refractivity contribution in [2.75, 3.05) is 39.0 Å². The molecule has 7 heteroatoms. The van der Waals surface area contributed by atoms with Crippen LogP contribution in [0.25, 0.3) is 0 Å². The van der Waals surface area contributed by atoms with Gasteiger partial charge in [0.15, 0.2) is 0 Å². The number of rotatable bonds is 7. The molecule has 0 amide bonds. The van der Waals surface area contributed by atoms with Crippen LogP contribution in [0.15, 0.2) is 16.7 Å². The van der Waals surface area contributed by atoms with Crippen molar-refractivity contribution in [1.29, 1.82) is 0 Å². The van der Waals surface area contributed by atoms with Gasteiger partial charge in [0.05, 0.1) is 19.1 Å². The van der Waals surface area contributed by atoms with Crippen molar-refractivity contribution in [3.63, 3.8) is 0 Å². The maximum absolute atomic E-state index is 11.5. The third kappa shape index (κ3) is 4.81. The molecule has 1 N–H and O–H groups in total. The highest BCUT2D eigenvalue weighted by atomic mass is 32.2. The van der Waals surface area contributed by atoms with Crippen LogP contribution in [0.5, 0.6) is 0 Å². The van der Waals surface area contributed by atoms with E-state index >= 15 is 0 Å². The van der Waals surface area contributed by atoms with E-state index in [0.29, 0.717) is 13.1 Å². The standard InChI is InChI=1S/C14H25N3O3S/c1-3-5-15-11-13-4-10-20-14(13)12-16-6-8-17(9-7-16)21(2,18)19/h4,10,15H,3,5-9,11-12H2,1-2H3. The average molecular weight is 315 g/mol. The number of furan rings is 1. The van der Waals surface area contributed by atoms with Gasteiger partial charge < -0.3 is 9.73 Å². The summed E-state index contributed by atoms with van der Waals surface area (Å²) in [5.41, 5.74) is 1.19. The fourth-order valence-electron chi connectivity index (χ4n) is 2.49. The summed E-state index contributed by atoms with van der Waals surface area (Å²) in [4.78, 5) is 2.24. The van der Waals surface area contributed by atoms with Gasteiger partial charge in [0.1, 0.15) is 5.76 Å². The summed E-state index contributed by atoms with van der Waals surface area (Å²) in [6, 6.07) is 2.00. The molecule has 0 unspecified atom stereocenters. The Morgan fingerprint density at radius 1 is 1.29 bits per heavy atom. The zero-order valence-electron chi connectivity index (χ0n) is 12.8. The molecule has 0 radical (unpaired) electrons. The van der Waals surface area contributed by atoms with E-state index in [0.717, 1.165) is 44.9 Å². The summed E-state index contributed by atoms with van der Waals surface area (Å²) in [5, 5.41) is 3.38. The second-order valence-electron chi connectivity index (χ2n) is 5.48. The van der Waals surface area contributed by atoms with Crippen LogP contribution in [0, 0.1) is 0 Å². The van der Waals surface area contributed by atoms with E-state index in [2.05, 4.69) is 17.1 Å². The molecule has 1 fully saturated rings. The van der Waals surface area contributed by atoms with E-state index in [4.69, 9.17) is 4.42 Å². The first kappa shape index (κ1) is 16.5. The van der Waals surface area contributed by atoms with E-state index < -0.39 is 10.0 Å². The molecular formula is C14H25N3O3S. The zero-order valence-corrected chi connectivity index (χ0v) is 13.7. The van der Waals surface area contributed by atoms with Gasteiger partial charge in [-0.3, -0.25) is 4.90 Å². The van der Waals surface area contributed by atoms with E-state index in [1.807, 2.05) is 6.07 Å². The Bertz CT molecular complexity index is 533. The quantitative estimate of drug-likeness (QED) is 0.756. The second-order valence-corrected chi connectivity index (χ2v) is 7.47. The summed E-state index contributed by atoms with van der Waals surface area (Å²) >= 11 is 0. The van der Waals surface area contributed by atoms with Gasteiger partial charge in [0.25, 0.3) is 0 Å². The largest absolute Gasteiger partial charge is 0.468 e. The molecule has 2 rings (SSSR count). The smallest absolute Gasteiger partial charge is 0.211 e. The number of nitrogens with zero attached hydrogens (tertiary/aromatic N) is 2. The molecule has 21 heavy (non-hydrogen) atoms. The minimum Gasteiger partial charge on any atom is -0.468 e. The molecule has 1 aromatic rings. The molecule has 0 aromatic carbocycles. The number of hydrogen-bond donors (Lipinski definition) is 1. The predicted octanol–water partition coefficient (Wildman–Crippen LogP) is 0.856. The van der Waals surface area contributed by atoms with Crippen LogP contribution in [0.3, 0.4) is 0 Å². The summed E-state index contributed by atoms with van der Waals surface area (Å²) in [5.74, 6) is 0.978. The van der Waals surface area contributed by atoms with E-state index in [9.17, 15) is 8.42 Å². The van der Waals surface area contributed by atoms with Crippen molar-refractivity contribution >= 4 is 10.0 Å². The average Bonchev–Trinajstić information content (AvgIpc) is 2.86. The van der Waals surface area contributed by atoms with Crippen LogP contribution in [0.4, 0.5) is 0 Å². The molecule has 1 aromatic heterocycles. The first-order valence-electron chi connectivity index (χ1n) is 7.44. The Hall–Kier alpha value is -0.890. The van der Waals surface area contributed by atoms with Gasteiger partial charge in [0.2, 0.25) is 10.0 Å². The van der Waals surface area contributed by atoms with Crippen LogP contribution in [-0.2, 0) is 23.1 Å². The van der Waals surface area contributed by atoms with E-state index in [-0.39, 0.29) is 0 Å². The van der Waals surface area contributed by atoms with Gasteiger partial charge in [-0.25, -0.2) is 8.42 Å². The first-order chi connectivity index (χ1) is 10.0. The highest BCUT2D eigenvalue weighted by molar-refractivity contribution is 7.88. The lowest BCUT2D eigenvalue weighted by atomic mass is 10.2. The Kier molecular flexibility index (Phi) is 5.80. The van der Waals surface area contributed by atoms with Gasteiger partial charge >= 0.3 is 0 Å². The monoisotopic (exact) mass is 315 g/mol. The normalized spacial score (nSPS) is 18.2. The van der Waals surface area contributed by atoms with Crippen LogP contribution < -0.4 is 5.32 Å². The molecule has 1 aliphatic heterocycles. The van der Waals surface area contributed by atoms with Crippen molar-refractivity contribution < 1.29 is 12.8 Å². The minimum atomic E-state index is -3.06. The lowest BCUT2D eigenvalue weighted by Crippen LogP contribution is -2.47. The second kappa shape index (κ2) is 7.40. The fraction of sp³-hybridized carbons (Fsp3) is 0.714. The van der Waals surface area contributed by atoms with E-state index in [1.54, 1.807) is 6.26 Å². The van der Waals surface area contributed by atoms with Crippen LogP contribution in [-0.4, -0.2) is 56.6 Å². The molecule has 0 bridgehead atoms. The molecular weight excluding hydrogens is 290 g/mol. The third-order valence-electron chi connectivity index (χ3n) is 3.75. The molecule has 1 aliphatic rings. The first-order valence-corrected chi connectivity index (χ1v) is 9.29. The molecule has 0 spiro atoms. The van der Waals surface area contributed by atoms with E-state index in [1.165, 1.54) is 16.1 Å². The van der Waals surface area contributed by atoms with Gasteiger partial charge in [-0.05, 0) is 19.0 Å². The van der Waals surface area contributed by atoms with Crippen LogP contribution in [0.1, 0.15) is 24.7 Å². The Balaban J connectivity index is 1.85. The number of sulfonamides is 1. The van der Waals surface area contributed by atoms with Crippen LogP contribution in [0.2, 0.25) is 0 Å². The van der Waals surface area contributed by atoms with Gasteiger partial charge in [-0.1, -0.05) is 6.92 Å². The Labute approximate surface area is 127 Å². The van der Waals surface area contributed by atoms with Gasteiger partial charge in [-0.15, -0.1) is 0 Å². The zero-order chi connectivity index (χ0) is 15.3. The topological polar surface area (TPSA) is 65.8 Å². The molecule has 0 saturated carbocycles. The number of piperazine rings is 1. The maximum atomic E-state index is 11.5. The van der Waals surface area contributed by atoms with Gasteiger partial charge in [0, 0.05) is 38.3 Å². The number of hydrogen-bond acceptors (Lipinski definition) is 5. The molecule has 0 atom stereocenters. The Morgan fingerprint density at radius 2 is 2.00 bits per heavy atom. The fourth-order valence-corrected chi connectivity index (χ4v) is 3.31. The lowest BCUT2D eigenvalue weighted by molar-refractivity contribution is 0.170. The highest BCUT2D eigenvalue weighted by Gasteiger charge is 2.24. The van der Waals surface area contributed by atoms with Crippen molar-refractivity contribution in [1.82, 2.24) is 14.5 Å². The summed E-state index contributed by atoms with van der Waals surface area (Å²) in [6.45, 7) is 7.32. The highest BCUT2D eigenvalue weighted by Crippen LogP contribution is 2.15. The van der Waals surface area contributed by atoms with Crippen molar-refractivity contribution in [3.8, 4) is 0 Å². The van der Waals surface area contributed by atoms with Crippen molar-refractivity contribution in [3.05, 3.63) is 23.7 Å². The third-order valence-corrected chi connectivity index (χ3v) is 5.05. The minimum absolute atomic E-state index is 0.558. The van der Waals surface area contributed by atoms with Gasteiger partial charge in [-0.2, -0.15) is 4.31 Å². The Morgan fingerprint density at radius 3 is 2.62 bits per heavy atom. The molecule has 1 saturated heterocycles. The summed E-state index contributed by atoms with van der Waals surface area (Å²) in [6.07, 6.45) is 4.11. The molecule has 0 aliphatic carbocycles. The van der Waals surface area contributed by atoms with Crippen molar-refractivity contribution in [2.24, 2.45) is 0 Å².